The molecule has 0 aliphatic heterocycles. The van der Waals surface area contributed by atoms with Crippen LogP contribution in [0.5, 0.6) is 0 Å². The maximum atomic E-state index is 12.5. The zero-order valence-electron chi connectivity index (χ0n) is 13.4. The zero-order chi connectivity index (χ0) is 18.3. The van der Waals surface area contributed by atoms with E-state index < -0.39 is 0 Å². The van der Waals surface area contributed by atoms with Crippen LogP contribution < -0.4 is 5.32 Å². The minimum absolute atomic E-state index is 0.229. The van der Waals surface area contributed by atoms with Crippen molar-refractivity contribution in [3.05, 3.63) is 63.9 Å². The van der Waals surface area contributed by atoms with Gasteiger partial charge < -0.3 is 5.32 Å². The first-order chi connectivity index (χ1) is 12.5. The van der Waals surface area contributed by atoms with Crippen molar-refractivity contribution >= 4 is 51.1 Å². The number of amides is 1. The van der Waals surface area contributed by atoms with Crippen LogP contribution in [0.3, 0.4) is 0 Å². The summed E-state index contributed by atoms with van der Waals surface area (Å²) >= 11 is 13.5. The molecule has 26 heavy (non-hydrogen) atoms. The quantitative estimate of drug-likeness (QED) is 0.536. The Bertz CT molecular complexity index is 1140. The molecule has 0 fully saturated rings. The molecule has 1 N–H and O–H groups in total. The molecule has 130 valence electrons. The van der Waals surface area contributed by atoms with Gasteiger partial charge in [0.15, 0.2) is 5.82 Å². The highest BCUT2D eigenvalue weighted by atomic mass is 35.5. The van der Waals surface area contributed by atoms with Gasteiger partial charge in [0.1, 0.15) is 5.01 Å². The van der Waals surface area contributed by atoms with Crippen LogP contribution in [0, 0.1) is 6.92 Å². The Labute approximate surface area is 162 Å². The van der Waals surface area contributed by atoms with Gasteiger partial charge in [-0.3, -0.25) is 4.79 Å². The number of hydrogen-bond donors (Lipinski definition) is 1. The summed E-state index contributed by atoms with van der Waals surface area (Å²) in [7, 11) is 0. The molecule has 0 saturated heterocycles. The van der Waals surface area contributed by atoms with E-state index in [1.807, 2.05) is 25.1 Å². The summed E-state index contributed by atoms with van der Waals surface area (Å²) in [6.45, 7) is 1.84. The minimum atomic E-state index is -0.330. The number of rotatable bonds is 3. The molecule has 2 aromatic heterocycles. The van der Waals surface area contributed by atoms with Crippen LogP contribution in [0.1, 0.15) is 16.2 Å². The molecule has 0 unspecified atom stereocenters. The third kappa shape index (κ3) is 3.05. The van der Waals surface area contributed by atoms with E-state index in [2.05, 4.69) is 20.6 Å². The average molecular weight is 404 g/mol. The van der Waals surface area contributed by atoms with Gasteiger partial charge >= 0.3 is 0 Å². The number of nitrogens with one attached hydrogen (secondary N) is 1. The lowest BCUT2D eigenvalue weighted by Crippen LogP contribution is -2.12. The first-order valence-electron chi connectivity index (χ1n) is 7.57. The number of nitrogens with zero attached hydrogens (tertiary/aromatic N) is 4. The second kappa shape index (κ2) is 6.68. The first-order valence-corrected chi connectivity index (χ1v) is 9.15. The van der Waals surface area contributed by atoms with Crippen LogP contribution in [-0.2, 0) is 0 Å². The number of aryl methyl sites for hydroxylation is 1. The summed E-state index contributed by atoms with van der Waals surface area (Å²) in [5.41, 5.74) is 1.82. The van der Waals surface area contributed by atoms with Crippen molar-refractivity contribution in [2.24, 2.45) is 0 Å². The van der Waals surface area contributed by atoms with Crippen LogP contribution in [0.2, 0.25) is 10.0 Å². The van der Waals surface area contributed by atoms with Gasteiger partial charge in [0, 0.05) is 11.3 Å². The second-order valence-corrected chi connectivity index (χ2v) is 7.23. The number of anilines is 1. The summed E-state index contributed by atoms with van der Waals surface area (Å²) in [5.74, 6) is 0.395. The van der Waals surface area contributed by atoms with E-state index in [0.29, 0.717) is 16.3 Å². The molecule has 0 atom stereocenters. The molecule has 4 aromatic rings. The lowest BCUT2D eigenvalue weighted by atomic mass is 10.2. The molecule has 0 bridgehead atoms. The van der Waals surface area contributed by atoms with E-state index in [1.54, 1.807) is 28.8 Å². The molecule has 0 aliphatic rings. The van der Waals surface area contributed by atoms with Crippen molar-refractivity contribution in [1.82, 2.24) is 19.8 Å². The number of fused-ring (bicyclic) bond motifs is 1. The average Bonchev–Trinajstić information content (AvgIpc) is 3.20. The van der Waals surface area contributed by atoms with Gasteiger partial charge in [-0.15, -0.1) is 10.2 Å². The van der Waals surface area contributed by atoms with E-state index >= 15 is 0 Å². The van der Waals surface area contributed by atoms with Gasteiger partial charge in [0.2, 0.25) is 4.96 Å². The highest BCUT2D eigenvalue weighted by molar-refractivity contribution is 7.19. The summed E-state index contributed by atoms with van der Waals surface area (Å²) < 4.78 is 1.69. The van der Waals surface area contributed by atoms with Crippen molar-refractivity contribution in [3.8, 4) is 10.6 Å². The number of carbonyl (C=O) groups excluding carboxylic acids is 1. The SMILES string of the molecule is Cc1nnc2sc(-c3cccc(NC(=O)c4cccc(Cl)c4Cl)c3)nn12. The van der Waals surface area contributed by atoms with Crippen LogP contribution in [0.15, 0.2) is 42.5 Å². The van der Waals surface area contributed by atoms with Gasteiger partial charge in [0.05, 0.1) is 15.6 Å². The van der Waals surface area contributed by atoms with Gasteiger partial charge in [-0.25, -0.2) is 0 Å². The first kappa shape index (κ1) is 17.0. The largest absolute Gasteiger partial charge is 0.322 e. The van der Waals surface area contributed by atoms with Crippen LogP contribution in [0.25, 0.3) is 15.5 Å². The number of halogens is 2. The fraction of sp³-hybridized carbons (Fsp3) is 0.0588. The maximum absolute atomic E-state index is 12.5. The molecule has 4 rings (SSSR count). The predicted octanol–water partition coefficient (Wildman–Crippen LogP) is 4.72. The van der Waals surface area contributed by atoms with Gasteiger partial charge in [0.25, 0.3) is 5.91 Å². The van der Waals surface area contributed by atoms with Crippen LogP contribution >= 0.6 is 34.5 Å². The maximum Gasteiger partial charge on any atom is 0.257 e. The molecular formula is C17H11Cl2N5OS. The monoisotopic (exact) mass is 403 g/mol. The summed E-state index contributed by atoms with van der Waals surface area (Å²) in [4.78, 5) is 13.2. The molecule has 6 nitrogen and oxygen atoms in total. The highest BCUT2D eigenvalue weighted by Gasteiger charge is 2.14. The molecule has 0 saturated carbocycles. The number of carbonyl (C=O) groups is 1. The molecule has 9 heteroatoms. The van der Waals surface area contributed by atoms with Crippen molar-refractivity contribution in [1.29, 1.82) is 0 Å². The Hall–Kier alpha value is -2.48. The van der Waals surface area contributed by atoms with Gasteiger partial charge in [-0.05, 0) is 31.2 Å². The fourth-order valence-electron chi connectivity index (χ4n) is 2.44. The lowest BCUT2D eigenvalue weighted by molar-refractivity contribution is 0.102. The summed E-state index contributed by atoms with van der Waals surface area (Å²) in [6, 6.07) is 12.4. The standard InChI is InChI=1S/C17H11Cl2N5OS/c1-9-21-22-17-24(9)23-16(26-17)10-4-2-5-11(8-10)20-15(25)12-6-3-7-13(18)14(12)19/h2-8H,1H3,(H,20,25). The molecule has 0 radical (unpaired) electrons. The minimum Gasteiger partial charge on any atom is -0.322 e. The lowest BCUT2D eigenvalue weighted by Gasteiger charge is -2.08. The number of hydrogen-bond acceptors (Lipinski definition) is 5. The van der Waals surface area contributed by atoms with E-state index in [-0.39, 0.29) is 10.9 Å². The second-order valence-electron chi connectivity index (χ2n) is 5.49. The molecule has 2 heterocycles. The molecule has 2 aromatic carbocycles. The highest BCUT2D eigenvalue weighted by Crippen LogP contribution is 2.29. The van der Waals surface area contributed by atoms with Crippen molar-refractivity contribution < 1.29 is 4.79 Å². The third-order valence-electron chi connectivity index (χ3n) is 3.71. The normalized spacial score (nSPS) is 11.0. The van der Waals surface area contributed by atoms with Gasteiger partial charge in [-0.1, -0.05) is 52.7 Å². The zero-order valence-corrected chi connectivity index (χ0v) is 15.7. The van der Waals surface area contributed by atoms with E-state index in [1.165, 1.54) is 11.3 Å². The molecular weight excluding hydrogens is 393 g/mol. The Balaban J connectivity index is 1.63. The van der Waals surface area contributed by atoms with Crippen molar-refractivity contribution in [2.45, 2.75) is 6.92 Å². The summed E-state index contributed by atoms with van der Waals surface area (Å²) in [6.07, 6.45) is 0. The number of aromatic nitrogens is 4. The van der Waals surface area contributed by atoms with Gasteiger partial charge in [-0.2, -0.15) is 9.61 Å². The van der Waals surface area contributed by atoms with E-state index in [9.17, 15) is 4.79 Å². The fourth-order valence-corrected chi connectivity index (χ4v) is 3.71. The van der Waals surface area contributed by atoms with Crippen LogP contribution in [-0.4, -0.2) is 25.7 Å². The smallest absolute Gasteiger partial charge is 0.257 e. The Kier molecular flexibility index (Phi) is 4.36. The summed E-state index contributed by atoms with van der Waals surface area (Å²) in [5, 5.41) is 16.7. The van der Waals surface area contributed by atoms with Crippen molar-refractivity contribution in [3.63, 3.8) is 0 Å². The topological polar surface area (TPSA) is 72.2 Å². The third-order valence-corrected chi connectivity index (χ3v) is 5.48. The predicted molar refractivity (Wildman–Crippen MR) is 103 cm³/mol. The molecule has 0 aliphatic carbocycles. The van der Waals surface area contributed by atoms with E-state index in [0.717, 1.165) is 21.4 Å². The number of benzene rings is 2. The van der Waals surface area contributed by atoms with Crippen LogP contribution in [0.4, 0.5) is 5.69 Å². The Morgan fingerprint density at radius 1 is 1.15 bits per heavy atom. The Morgan fingerprint density at radius 3 is 2.77 bits per heavy atom. The Morgan fingerprint density at radius 2 is 1.96 bits per heavy atom. The van der Waals surface area contributed by atoms with Crippen molar-refractivity contribution in [2.75, 3.05) is 5.32 Å². The molecule has 1 amide bonds. The molecule has 0 spiro atoms. The van der Waals surface area contributed by atoms with E-state index in [4.69, 9.17) is 23.2 Å².